The van der Waals surface area contributed by atoms with E-state index in [1.165, 1.54) is 18.2 Å². The third kappa shape index (κ3) is 4.81. The summed E-state index contributed by atoms with van der Waals surface area (Å²) in [6.07, 6.45) is 1.15. The average molecular weight is 463 g/mol. The van der Waals surface area contributed by atoms with Gasteiger partial charge in [0.2, 0.25) is 0 Å². The lowest BCUT2D eigenvalue weighted by Crippen LogP contribution is -2.10. The molecule has 0 aliphatic rings. The normalized spacial score (nSPS) is 11.1. The Labute approximate surface area is 176 Å². The van der Waals surface area contributed by atoms with Gasteiger partial charge in [-0.3, -0.25) is 10.1 Å². The lowest BCUT2D eigenvalue weighted by Gasteiger charge is -2.12. The van der Waals surface area contributed by atoms with Crippen LogP contribution >= 0.6 is 23.2 Å². The number of halogens is 5. The molecule has 0 aliphatic carbocycles. The molecule has 0 aliphatic heterocycles. The molecule has 13 heteroatoms. The highest BCUT2D eigenvalue weighted by atomic mass is 35.5. The number of rotatable bonds is 8. The van der Waals surface area contributed by atoms with Gasteiger partial charge in [-0.05, 0) is 12.1 Å². The molecular formula is C17H11Cl2F3N4O4. The Bertz CT molecular complexity index is 1100. The van der Waals surface area contributed by atoms with E-state index in [-0.39, 0.29) is 44.8 Å². The monoisotopic (exact) mass is 462 g/mol. The Kier molecular flexibility index (Phi) is 6.75. The molecule has 30 heavy (non-hydrogen) atoms. The summed E-state index contributed by atoms with van der Waals surface area (Å²) in [5, 5.41) is 14.0. The number of nitro groups is 1. The number of ether oxygens (including phenoxy) is 2. The van der Waals surface area contributed by atoms with Gasteiger partial charge in [0.1, 0.15) is 18.8 Å². The third-order valence-corrected chi connectivity index (χ3v) is 4.57. The molecule has 1 heterocycles. The molecule has 158 valence electrons. The fourth-order valence-corrected chi connectivity index (χ4v) is 2.78. The van der Waals surface area contributed by atoms with E-state index >= 15 is 0 Å². The number of anilines is 2. The van der Waals surface area contributed by atoms with Crippen molar-refractivity contribution in [2.75, 3.05) is 18.5 Å². The van der Waals surface area contributed by atoms with Crippen LogP contribution in [0, 0.1) is 15.9 Å². The zero-order valence-electron chi connectivity index (χ0n) is 14.7. The summed E-state index contributed by atoms with van der Waals surface area (Å²) >= 11 is 11.6. The fraction of sp³-hybridized carbons (Fsp3) is 0.176. The molecule has 1 N–H and O–H groups in total. The summed E-state index contributed by atoms with van der Waals surface area (Å²) in [4.78, 5) is 18.7. The van der Waals surface area contributed by atoms with Crippen molar-refractivity contribution in [1.82, 2.24) is 9.97 Å². The average Bonchev–Trinajstić information content (AvgIpc) is 2.71. The maximum absolute atomic E-state index is 14.3. The third-order valence-electron chi connectivity index (χ3n) is 3.79. The second kappa shape index (κ2) is 9.28. The SMILES string of the molecule is O=[N+]([O-])c1cc2c(Nc3ccc(Cl)c(Cl)c3F)ncnc2cc1OCCOC(F)F. The van der Waals surface area contributed by atoms with Crippen molar-refractivity contribution in [1.29, 1.82) is 0 Å². The molecule has 0 atom stereocenters. The standard InChI is InChI=1S/C17H11Cl2F3N4O4/c18-9-1-2-10(15(20)14(9)19)25-16-8-5-12(26(27)28)13(6-11(8)23-7-24-16)29-3-4-30-17(21)22/h1-2,5-7,17H,3-4H2,(H,23,24,25). The summed E-state index contributed by atoms with van der Waals surface area (Å²) in [6.45, 7) is -3.80. The Morgan fingerprint density at radius 1 is 1.20 bits per heavy atom. The highest BCUT2D eigenvalue weighted by molar-refractivity contribution is 6.42. The quantitative estimate of drug-likeness (QED) is 0.208. The largest absolute Gasteiger partial charge is 0.484 e. The van der Waals surface area contributed by atoms with Crippen molar-refractivity contribution >= 4 is 51.3 Å². The second-order valence-electron chi connectivity index (χ2n) is 5.64. The van der Waals surface area contributed by atoms with Gasteiger partial charge in [0.05, 0.1) is 38.2 Å². The molecule has 0 saturated heterocycles. The maximum atomic E-state index is 14.3. The minimum Gasteiger partial charge on any atom is -0.484 e. The molecule has 3 aromatic rings. The number of nitrogens with one attached hydrogen (secondary N) is 1. The van der Waals surface area contributed by atoms with Crippen LogP contribution in [0.2, 0.25) is 10.0 Å². The first-order chi connectivity index (χ1) is 14.3. The topological polar surface area (TPSA) is 99.4 Å². The van der Waals surface area contributed by atoms with Gasteiger partial charge in [-0.15, -0.1) is 0 Å². The number of nitro benzene ring substituents is 1. The van der Waals surface area contributed by atoms with Crippen LogP contribution in [0.25, 0.3) is 10.9 Å². The Morgan fingerprint density at radius 2 is 1.97 bits per heavy atom. The predicted octanol–water partition coefficient (Wildman–Crippen LogP) is 5.35. The molecule has 1 aromatic heterocycles. The van der Waals surface area contributed by atoms with Crippen molar-refractivity contribution in [3.05, 3.63) is 56.6 Å². The van der Waals surface area contributed by atoms with Crippen LogP contribution in [0.3, 0.4) is 0 Å². The summed E-state index contributed by atoms with van der Waals surface area (Å²) in [5.74, 6) is -0.965. The molecule has 2 aromatic carbocycles. The van der Waals surface area contributed by atoms with E-state index in [4.69, 9.17) is 27.9 Å². The van der Waals surface area contributed by atoms with Crippen molar-refractivity contribution in [3.8, 4) is 5.75 Å². The van der Waals surface area contributed by atoms with Crippen molar-refractivity contribution in [2.45, 2.75) is 6.61 Å². The molecule has 0 unspecified atom stereocenters. The molecule has 0 spiro atoms. The number of hydrogen-bond donors (Lipinski definition) is 1. The van der Waals surface area contributed by atoms with Gasteiger partial charge in [-0.25, -0.2) is 14.4 Å². The van der Waals surface area contributed by atoms with E-state index in [2.05, 4.69) is 20.0 Å². The molecule has 8 nitrogen and oxygen atoms in total. The van der Waals surface area contributed by atoms with Gasteiger partial charge in [-0.1, -0.05) is 23.2 Å². The number of benzene rings is 2. The van der Waals surface area contributed by atoms with E-state index in [0.717, 1.165) is 12.4 Å². The van der Waals surface area contributed by atoms with E-state index in [1.807, 2.05) is 0 Å². The molecule has 0 amide bonds. The van der Waals surface area contributed by atoms with Gasteiger partial charge in [0, 0.05) is 12.1 Å². The lowest BCUT2D eigenvalue weighted by atomic mass is 10.2. The number of alkyl halides is 2. The van der Waals surface area contributed by atoms with Gasteiger partial charge in [0.15, 0.2) is 11.6 Å². The molecular weight excluding hydrogens is 452 g/mol. The minimum absolute atomic E-state index is 0.0144. The van der Waals surface area contributed by atoms with Gasteiger partial charge < -0.3 is 14.8 Å². The van der Waals surface area contributed by atoms with Crippen LogP contribution in [0.4, 0.5) is 30.4 Å². The Morgan fingerprint density at radius 3 is 2.67 bits per heavy atom. The van der Waals surface area contributed by atoms with Crippen LogP contribution in [-0.4, -0.2) is 34.7 Å². The summed E-state index contributed by atoms with van der Waals surface area (Å²) in [6, 6.07) is 5.06. The zero-order chi connectivity index (χ0) is 21.8. The van der Waals surface area contributed by atoms with Crippen LogP contribution in [-0.2, 0) is 4.74 Å². The summed E-state index contributed by atoms with van der Waals surface area (Å²) in [5.41, 5.74) is -0.299. The van der Waals surface area contributed by atoms with Gasteiger partial charge in [-0.2, -0.15) is 8.78 Å². The van der Waals surface area contributed by atoms with Crippen LogP contribution in [0.15, 0.2) is 30.6 Å². The smallest absolute Gasteiger partial charge is 0.345 e. The maximum Gasteiger partial charge on any atom is 0.345 e. The first-order valence-electron chi connectivity index (χ1n) is 8.14. The second-order valence-corrected chi connectivity index (χ2v) is 6.43. The van der Waals surface area contributed by atoms with Gasteiger partial charge in [0.25, 0.3) is 0 Å². The highest BCUT2D eigenvalue weighted by Crippen LogP contribution is 2.36. The number of hydrogen-bond acceptors (Lipinski definition) is 7. The first kappa shape index (κ1) is 21.8. The number of nitrogens with zero attached hydrogens (tertiary/aromatic N) is 3. The zero-order valence-corrected chi connectivity index (χ0v) is 16.3. The number of aromatic nitrogens is 2. The summed E-state index contributed by atoms with van der Waals surface area (Å²) in [7, 11) is 0. The first-order valence-corrected chi connectivity index (χ1v) is 8.89. The molecule has 0 bridgehead atoms. The van der Waals surface area contributed by atoms with E-state index < -0.39 is 29.6 Å². The Balaban J connectivity index is 1.97. The van der Waals surface area contributed by atoms with E-state index in [0.29, 0.717) is 0 Å². The molecule has 0 saturated carbocycles. The van der Waals surface area contributed by atoms with Crippen LogP contribution < -0.4 is 10.1 Å². The molecule has 0 radical (unpaired) electrons. The fourth-order valence-electron chi connectivity index (χ4n) is 2.47. The predicted molar refractivity (Wildman–Crippen MR) is 103 cm³/mol. The van der Waals surface area contributed by atoms with Crippen LogP contribution in [0.1, 0.15) is 0 Å². The Hall–Kier alpha value is -2.89. The van der Waals surface area contributed by atoms with E-state index in [1.54, 1.807) is 0 Å². The van der Waals surface area contributed by atoms with Crippen molar-refractivity contribution in [2.24, 2.45) is 0 Å². The van der Waals surface area contributed by atoms with Crippen LogP contribution in [0.5, 0.6) is 5.75 Å². The van der Waals surface area contributed by atoms with E-state index in [9.17, 15) is 23.3 Å². The lowest BCUT2D eigenvalue weighted by molar-refractivity contribution is -0.385. The summed E-state index contributed by atoms with van der Waals surface area (Å²) < 4.78 is 47.6. The number of fused-ring (bicyclic) bond motifs is 1. The highest BCUT2D eigenvalue weighted by Gasteiger charge is 2.20. The minimum atomic E-state index is -2.98. The van der Waals surface area contributed by atoms with Gasteiger partial charge >= 0.3 is 12.3 Å². The molecule has 0 fully saturated rings. The van der Waals surface area contributed by atoms with Crippen molar-refractivity contribution < 1.29 is 27.6 Å². The molecule has 3 rings (SSSR count). The van der Waals surface area contributed by atoms with Crippen molar-refractivity contribution in [3.63, 3.8) is 0 Å².